The van der Waals surface area contributed by atoms with Crippen LogP contribution < -0.4 is 4.90 Å². The Hall–Kier alpha value is -7.22. The average Bonchev–Trinajstić information content (AvgIpc) is 3.27. The highest BCUT2D eigenvalue weighted by Crippen LogP contribution is 2.42. The lowest BCUT2D eigenvalue weighted by Gasteiger charge is -2.28. The molecule has 10 aromatic rings. The molecular weight excluding hydrogens is 663 g/mol. The Morgan fingerprint density at radius 2 is 0.655 bits per heavy atom. The number of rotatable bonds is 7. The second-order valence-electron chi connectivity index (χ2n) is 14.1. The van der Waals surface area contributed by atoms with E-state index in [2.05, 4.69) is 229 Å². The molecule has 0 saturated heterocycles. The molecule has 0 aliphatic carbocycles. The van der Waals surface area contributed by atoms with Crippen LogP contribution in [0.15, 0.2) is 224 Å². The molecule has 0 aliphatic rings. The van der Waals surface area contributed by atoms with Crippen LogP contribution in [0.5, 0.6) is 0 Å². The fourth-order valence-electron chi connectivity index (χ4n) is 8.06. The fourth-order valence-corrected chi connectivity index (χ4v) is 8.06. The Morgan fingerprint density at radius 1 is 0.236 bits per heavy atom. The molecule has 0 spiro atoms. The first kappa shape index (κ1) is 32.4. The third-order valence-corrected chi connectivity index (χ3v) is 10.9. The number of nitrogens with zero attached hydrogens (tertiary/aromatic N) is 1. The zero-order chi connectivity index (χ0) is 36.6. The van der Waals surface area contributed by atoms with E-state index in [1.54, 1.807) is 0 Å². The monoisotopic (exact) mass is 699 g/mol. The van der Waals surface area contributed by atoms with Gasteiger partial charge in [0.05, 0.1) is 5.69 Å². The molecule has 0 heterocycles. The van der Waals surface area contributed by atoms with Gasteiger partial charge < -0.3 is 4.90 Å². The number of fused-ring (bicyclic) bond motifs is 5. The van der Waals surface area contributed by atoms with Crippen molar-refractivity contribution in [3.05, 3.63) is 224 Å². The maximum absolute atomic E-state index is 2.38. The minimum Gasteiger partial charge on any atom is -0.310 e. The highest BCUT2D eigenvalue weighted by atomic mass is 15.1. The average molecular weight is 700 g/mol. The summed E-state index contributed by atoms with van der Waals surface area (Å²) in [6, 6.07) is 81.4. The first-order valence-corrected chi connectivity index (χ1v) is 18.9. The maximum atomic E-state index is 2.38. The van der Waals surface area contributed by atoms with E-state index >= 15 is 0 Å². The van der Waals surface area contributed by atoms with E-state index in [1.165, 1.54) is 76.8 Å². The van der Waals surface area contributed by atoms with E-state index in [-0.39, 0.29) is 0 Å². The van der Waals surface area contributed by atoms with Gasteiger partial charge in [0.1, 0.15) is 0 Å². The van der Waals surface area contributed by atoms with Crippen molar-refractivity contribution < 1.29 is 0 Å². The van der Waals surface area contributed by atoms with Gasteiger partial charge in [0, 0.05) is 16.9 Å². The van der Waals surface area contributed by atoms with Crippen LogP contribution in [-0.4, -0.2) is 0 Å². The summed E-state index contributed by atoms with van der Waals surface area (Å²) in [4.78, 5) is 2.38. The van der Waals surface area contributed by atoms with Crippen LogP contribution in [0.25, 0.3) is 76.8 Å². The molecule has 0 atom stereocenters. The molecule has 10 rings (SSSR count). The van der Waals surface area contributed by atoms with Gasteiger partial charge in [0.2, 0.25) is 0 Å². The Morgan fingerprint density at radius 3 is 1.29 bits per heavy atom. The molecule has 0 fully saturated rings. The molecule has 55 heavy (non-hydrogen) atoms. The minimum atomic E-state index is 1.10. The molecule has 1 nitrogen and oxygen atoms in total. The smallest absolute Gasteiger partial charge is 0.0540 e. The Balaban J connectivity index is 1.04. The zero-order valence-electron chi connectivity index (χ0n) is 30.3. The quantitative estimate of drug-likeness (QED) is 0.150. The van der Waals surface area contributed by atoms with Crippen LogP contribution in [0.1, 0.15) is 0 Å². The van der Waals surface area contributed by atoms with E-state index in [9.17, 15) is 0 Å². The summed E-state index contributed by atoms with van der Waals surface area (Å²) in [6.07, 6.45) is 0. The van der Waals surface area contributed by atoms with Gasteiger partial charge in [-0.05, 0) is 108 Å². The maximum Gasteiger partial charge on any atom is 0.0540 e. The van der Waals surface area contributed by atoms with Gasteiger partial charge >= 0.3 is 0 Å². The second-order valence-corrected chi connectivity index (χ2v) is 14.1. The van der Waals surface area contributed by atoms with Crippen LogP contribution in [-0.2, 0) is 0 Å². The molecule has 0 aliphatic heterocycles. The molecular formula is C54H37N. The second kappa shape index (κ2) is 14.0. The normalized spacial score (nSPS) is 11.3. The summed E-state index contributed by atoms with van der Waals surface area (Å²) >= 11 is 0. The van der Waals surface area contributed by atoms with Crippen molar-refractivity contribution in [2.45, 2.75) is 0 Å². The lowest BCUT2D eigenvalue weighted by Crippen LogP contribution is -2.11. The first-order valence-electron chi connectivity index (χ1n) is 18.9. The van der Waals surface area contributed by atoms with E-state index in [0.29, 0.717) is 0 Å². The number of benzene rings is 10. The third kappa shape index (κ3) is 6.12. The summed E-state index contributed by atoms with van der Waals surface area (Å²) in [6.45, 7) is 0. The number of hydrogen-bond acceptors (Lipinski definition) is 1. The van der Waals surface area contributed by atoms with E-state index in [1.807, 2.05) is 0 Å². The predicted octanol–water partition coefficient (Wildman–Crippen LogP) is 15.3. The molecule has 0 amide bonds. The summed E-state index contributed by atoms with van der Waals surface area (Å²) in [5.41, 5.74) is 12.9. The van der Waals surface area contributed by atoms with Crippen molar-refractivity contribution >= 4 is 49.4 Å². The predicted molar refractivity (Wildman–Crippen MR) is 235 cm³/mol. The summed E-state index contributed by atoms with van der Waals surface area (Å²) in [5, 5.41) is 7.69. The Bertz CT molecular complexity index is 2930. The van der Waals surface area contributed by atoms with Crippen molar-refractivity contribution in [2.24, 2.45) is 0 Å². The number of anilines is 3. The third-order valence-electron chi connectivity index (χ3n) is 10.9. The Kier molecular flexibility index (Phi) is 8.24. The highest BCUT2D eigenvalue weighted by molar-refractivity contribution is 6.17. The van der Waals surface area contributed by atoms with Crippen molar-refractivity contribution in [1.29, 1.82) is 0 Å². The zero-order valence-corrected chi connectivity index (χ0v) is 30.3. The summed E-state index contributed by atoms with van der Waals surface area (Å²) in [7, 11) is 0. The molecule has 0 N–H and O–H groups in total. The summed E-state index contributed by atoms with van der Waals surface area (Å²) in [5.74, 6) is 0. The standard InChI is InChI=1S/C54H37N/c1-3-11-38(12-4-1)40-19-21-44(22-20-40)51-17-9-10-18-54(51)55(47-30-23-41(24-31-47)39-13-5-2-6-14-39)48-32-25-42(26-33-48)45-28-34-50-46(37-45)29-36-52-49-16-8-7-15-43(49)27-35-53(50)52/h1-37H. The van der Waals surface area contributed by atoms with Crippen molar-refractivity contribution in [3.63, 3.8) is 0 Å². The van der Waals surface area contributed by atoms with E-state index in [0.717, 1.165) is 17.1 Å². The summed E-state index contributed by atoms with van der Waals surface area (Å²) < 4.78 is 0. The minimum absolute atomic E-state index is 1.10. The van der Waals surface area contributed by atoms with Crippen LogP contribution in [0.3, 0.4) is 0 Å². The molecule has 0 radical (unpaired) electrons. The van der Waals surface area contributed by atoms with Gasteiger partial charge in [-0.3, -0.25) is 0 Å². The van der Waals surface area contributed by atoms with Gasteiger partial charge in [0.25, 0.3) is 0 Å². The molecule has 0 aromatic heterocycles. The van der Waals surface area contributed by atoms with Crippen LogP contribution >= 0.6 is 0 Å². The molecule has 0 bridgehead atoms. The highest BCUT2D eigenvalue weighted by Gasteiger charge is 2.18. The van der Waals surface area contributed by atoms with Gasteiger partial charge in [-0.2, -0.15) is 0 Å². The molecule has 258 valence electrons. The van der Waals surface area contributed by atoms with Gasteiger partial charge in [-0.15, -0.1) is 0 Å². The SMILES string of the molecule is c1ccc(-c2ccc(-c3ccccc3N(c3ccc(-c4ccccc4)cc3)c3ccc(-c4ccc5c(ccc6c7ccccc7ccc56)c4)cc3)cc2)cc1. The van der Waals surface area contributed by atoms with E-state index < -0.39 is 0 Å². The topological polar surface area (TPSA) is 3.24 Å². The van der Waals surface area contributed by atoms with Crippen LogP contribution in [0.2, 0.25) is 0 Å². The lowest BCUT2D eigenvalue weighted by molar-refractivity contribution is 1.28. The molecule has 10 aromatic carbocycles. The number of hydrogen-bond donors (Lipinski definition) is 0. The largest absolute Gasteiger partial charge is 0.310 e. The Labute approximate surface area is 322 Å². The lowest BCUT2D eigenvalue weighted by atomic mass is 9.94. The van der Waals surface area contributed by atoms with Crippen LogP contribution in [0, 0.1) is 0 Å². The van der Waals surface area contributed by atoms with E-state index in [4.69, 9.17) is 0 Å². The molecule has 1 heteroatoms. The van der Waals surface area contributed by atoms with Crippen molar-refractivity contribution in [1.82, 2.24) is 0 Å². The van der Waals surface area contributed by atoms with Gasteiger partial charge in [-0.25, -0.2) is 0 Å². The number of para-hydroxylation sites is 1. The fraction of sp³-hybridized carbons (Fsp3) is 0. The molecule has 0 unspecified atom stereocenters. The van der Waals surface area contributed by atoms with Gasteiger partial charge in [0.15, 0.2) is 0 Å². The van der Waals surface area contributed by atoms with Crippen molar-refractivity contribution in [2.75, 3.05) is 4.90 Å². The van der Waals surface area contributed by atoms with Crippen molar-refractivity contribution in [3.8, 4) is 44.5 Å². The van der Waals surface area contributed by atoms with Gasteiger partial charge in [-0.1, -0.05) is 188 Å². The first-order chi connectivity index (χ1) is 27.3. The molecule has 0 saturated carbocycles. The van der Waals surface area contributed by atoms with Crippen LogP contribution in [0.4, 0.5) is 17.1 Å².